The van der Waals surface area contributed by atoms with Gasteiger partial charge in [-0.3, -0.25) is 4.79 Å². The van der Waals surface area contributed by atoms with Crippen LogP contribution in [-0.4, -0.2) is 48.7 Å². The number of hydrogen-bond acceptors (Lipinski definition) is 6. The molecule has 7 heteroatoms. The number of carbonyl (C=O) groups excluding carboxylic acids is 1. The monoisotopic (exact) mass is 380 g/mol. The largest absolute Gasteiger partial charge is 0.461 e. The molecule has 1 amide bonds. The molecule has 1 aliphatic carbocycles. The predicted octanol–water partition coefficient (Wildman–Crippen LogP) is 3.01. The van der Waals surface area contributed by atoms with E-state index in [1.165, 1.54) is 0 Å². The summed E-state index contributed by atoms with van der Waals surface area (Å²) in [4.78, 5) is 23.7. The summed E-state index contributed by atoms with van der Waals surface area (Å²) in [6, 6.07) is 11.9. The van der Waals surface area contributed by atoms with Crippen LogP contribution in [0.15, 0.2) is 47.1 Å². The zero-order valence-corrected chi connectivity index (χ0v) is 15.9. The molecule has 0 saturated heterocycles. The van der Waals surface area contributed by atoms with Crippen molar-refractivity contribution in [2.75, 3.05) is 31.7 Å². The molecular formula is C21H24N4O3. The summed E-state index contributed by atoms with van der Waals surface area (Å²) in [5.41, 5.74) is 0.837. The quantitative estimate of drug-likeness (QED) is 0.615. The van der Waals surface area contributed by atoms with Crippen LogP contribution in [0.3, 0.4) is 0 Å². The summed E-state index contributed by atoms with van der Waals surface area (Å²) < 4.78 is 10.8. The van der Waals surface area contributed by atoms with E-state index in [1.54, 1.807) is 13.4 Å². The molecule has 1 fully saturated rings. The fourth-order valence-electron chi connectivity index (χ4n) is 3.11. The van der Waals surface area contributed by atoms with Crippen LogP contribution in [0, 0.1) is 0 Å². The van der Waals surface area contributed by atoms with Crippen molar-refractivity contribution in [3.63, 3.8) is 0 Å². The lowest BCUT2D eigenvalue weighted by Gasteiger charge is -2.25. The average molecular weight is 380 g/mol. The first-order valence-corrected chi connectivity index (χ1v) is 9.58. The Morgan fingerprint density at radius 2 is 2.07 bits per heavy atom. The van der Waals surface area contributed by atoms with E-state index >= 15 is 0 Å². The van der Waals surface area contributed by atoms with Crippen LogP contribution in [0.1, 0.15) is 19.3 Å². The minimum Gasteiger partial charge on any atom is -0.461 e. The fourth-order valence-corrected chi connectivity index (χ4v) is 3.11. The highest BCUT2D eigenvalue weighted by atomic mass is 16.5. The van der Waals surface area contributed by atoms with Crippen molar-refractivity contribution >= 4 is 22.6 Å². The summed E-state index contributed by atoms with van der Waals surface area (Å²) >= 11 is 0. The van der Waals surface area contributed by atoms with Crippen molar-refractivity contribution < 1.29 is 13.9 Å². The normalized spacial score (nSPS) is 13.6. The highest BCUT2D eigenvalue weighted by Crippen LogP contribution is 2.28. The molecule has 1 aromatic carbocycles. The Morgan fingerprint density at radius 1 is 1.21 bits per heavy atom. The van der Waals surface area contributed by atoms with E-state index in [0.29, 0.717) is 43.7 Å². The molecule has 4 rings (SSSR count). The number of anilines is 1. The van der Waals surface area contributed by atoms with Crippen molar-refractivity contribution in [3.05, 3.63) is 42.7 Å². The van der Waals surface area contributed by atoms with Gasteiger partial charge in [0.25, 0.3) is 0 Å². The number of amides is 1. The number of methoxy groups -OCH3 is 1. The molecule has 0 spiro atoms. The maximum Gasteiger partial charge on any atom is 0.221 e. The number of benzene rings is 1. The summed E-state index contributed by atoms with van der Waals surface area (Å²) in [6.07, 6.45) is 4.19. The van der Waals surface area contributed by atoms with Gasteiger partial charge in [0, 0.05) is 38.0 Å². The summed E-state index contributed by atoms with van der Waals surface area (Å²) in [6.45, 7) is 1.73. The first kappa shape index (κ1) is 18.4. The Kier molecular flexibility index (Phi) is 5.53. The lowest BCUT2D eigenvalue weighted by atomic mass is 10.2. The van der Waals surface area contributed by atoms with Crippen LogP contribution < -0.4 is 10.2 Å². The average Bonchev–Trinajstić information content (AvgIpc) is 3.35. The SMILES string of the molecule is COCCN(CCC(=O)NC1CC1)c1nc(-c2ccco2)nc2ccccc12. The molecule has 3 aromatic rings. The predicted molar refractivity (Wildman–Crippen MR) is 107 cm³/mol. The number of aromatic nitrogens is 2. The zero-order valence-electron chi connectivity index (χ0n) is 15.9. The second-order valence-electron chi connectivity index (χ2n) is 6.94. The highest BCUT2D eigenvalue weighted by Gasteiger charge is 2.24. The lowest BCUT2D eigenvalue weighted by Crippen LogP contribution is -2.34. The molecule has 0 radical (unpaired) electrons. The van der Waals surface area contributed by atoms with Crippen molar-refractivity contribution in [1.82, 2.24) is 15.3 Å². The number of carbonyl (C=O) groups is 1. The van der Waals surface area contributed by atoms with Gasteiger partial charge in [-0.05, 0) is 37.1 Å². The number of ether oxygens (including phenoxy) is 1. The first-order chi connectivity index (χ1) is 13.7. The van der Waals surface area contributed by atoms with E-state index in [4.69, 9.17) is 14.1 Å². The second kappa shape index (κ2) is 8.39. The second-order valence-corrected chi connectivity index (χ2v) is 6.94. The van der Waals surface area contributed by atoms with Gasteiger partial charge in [-0.15, -0.1) is 0 Å². The molecule has 1 N–H and O–H groups in total. The Labute approximate surface area is 163 Å². The van der Waals surface area contributed by atoms with Gasteiger partial charge >= 0.3 is 0 Å². The third-order valence-electron chi connectivity index (χ3n) is 4.74. The van der Waals surface area contributed by atoms with E-state index in [1.807, 2.05) is 36.4 Å². The maximum absolute atomic E-state index is 12.2. The molecular weight excluding hydrogens is 356 g/mol. The van der Waals surface area contributed by atoms with Gasteiger partial charge in [-0.2, -0.15) is 0 Å². The van der Waals surface area contributed by atoms with Crippen LogP contribution in [0.5, 0.6) is 0 Å². The highest BCUT2D eigenvalue weighted by molar-refractivity contribution is 5.91. The van der Waals surface area contributed by atoms with Crippen LogP contribution in [0.4, 0.5) is 5.82 Å². The Balaban J connectivity index is 1.65. The molecule has 0 bridgehead atoms. The van der Waals surface area contributed by atoms with Gasteiger partial charge in [-0.1, -0.05) is 12.1 Å². The topological polar surface area (TPSA) is 80.5 Å². The van der Waals surface area contributed by atoms with Gasteiger partial charge in [0.2, 0.25) is 5.91 Å². The number of nitrogens with one attached hydrogen (secondary N) is 1. The third kappa shape index (κ3) is 4.31. The molecule has 28 heavy (non-hydrogen) atoms. The summed E-state index contributed by atoms with van der Waals surface area (Å²) in [5.74, 6) is 2.01. The number of rotatable bonds is 9. The number of fused-ring (bicyclic) bond motifs is 1. The number of furan rings is 1. The van der Waals surface area contributed by atoms with Crippen LogP contribution in [0.25, 0.3) is 22.5 Å². The van der Waals surface area contributed by atoms with Crippen LogP contribution in [0.2, 0.25) is 0 Å². The Morgan fingerprint density at radius 3 is 2.82 bits per heavy atom. The van der Waals surface area contributed by atoms with Crippen LogP contribution >= 0.6 is 0 Å². The molecule has 1 saturated carbocycles. The molecule has 7 nitrogen and oxygen atoms in total. The smallest absolute Gasteiger partial charge is 0.221 e. The lowest BCUT2D eigenvalue weighted by molar-refractivity contribution is -0.121. The molecule has 2 heterocycles. The standard InChI is InChI=1S/C21H24N4O3/c1-27-14-12-25(11-10-19(26)22-15-8-9-15)21-16-5-2-3-6-17(16)23-20(24-21)18-7-4-13-28-18/h2-7,13,15H,8-12,14H2,1H3,(H,22,26). The molecule has 2 aromatic heterocycles. The minimum atomic E-state index is 0.0783. The van der Waals surface area contributed by atoms with E-state index in [0.717, 1.165) is 29.6 Å². The molecule has 0 unspecified atom stereocenters. The fraction of sp³-hybridized carbons (Fsp3) is 0.381. The van der Waals surface area contributed by atoms with Crippen molar-refractivity contribution in [1.29, 1.82) is 0 Å². The van der Waals surface area contributed by atoms with E-state index < -0.39 is 0 Å². The van der Waals surface area contributed by atoms with Gasteiger partial charge in [0.05, 0.1) is 18.4 Å². The number of hydrogen-bond donors (Lipinski definition) is 1. The Hall–Kier alpha value is -2.93. The van der Waals surface area contributed by atoms with Crippen molar-refractivity contribution in [2.45, 2.75) is 25.3 Å². The van der Waals surface area contributed by atoms with Crippen LogP contribution in [-0.2, 0) is 9.53 Å². The minimum absolute atomic E-state index is 0.0783. The van der Waals surface area contributed by atoms with Crippen molar-refractivity contribution in [2.24, 2.45) is 0 Å². The van der Waals surface area contributed by atoms with E-state index in [2.05, 4.69) is 15.2 Å². The van der Waals surface area contributed by atoms with Gasteiger partial charge < -0.3 is 19.4 Å². The molecule has 146 valence electrons. The van der Waals surface area contributed by atoms with Gasteiger partial charge in [0.15, 0.2) is 11.6 Å². The molecule has 0 atom stereocenters. The van der Waals surface area contributed by atoms with E-state index in [-0.39, 0.29) is 5.91 Å². The van der Waals surface area contributed by atoms with E-state index in [9.17, 15) is 4.79 Å². The first-order valence-electron chi connectivity index (χ1n) is 9.58. The third-order valence-corrected chi connectivity index (χ3v) is 4.74. The Bertz CT molecular complexity index is 938. The molecule has 1 aliphatic rings. The van der Waals surface area contributed by atoms with Crippen molar-refractivity contribution in [3.8, 4) is 11.6 Å². The van der Waals surface area contributed by atoms with Gasteiger partial charge in [0.1, 0.15) is 5.82 Å². The number of para-hydroxylation sites is 1. The number of nitrogens with zero attached hydrogens (tertiary/aromatic N) is 3. The summed E-state index contributed by atoms with van der Waals surface area (Å²) in [7, 11) is 1.67. The zero-order chi connectivity index (χ0) is 19.3. The summed E-state index contributed by atoms with van der Waals surface area (Å²) in [5, 5.41) is 3.98. The molecule has 0 aliphatic heterocycles. The van der Waals surface area contributed by atoms with Gasteiger partial charge in [-0.25, -0.2) is 9.97 Å². The maximum atomic E-state index is 12.2.